The lowest BCUT2D eigenvalue weighted by Crippen LogP contribution is -2.25. The molecule has 3 rings (SSSR count). The standard InChI is InChI=1S/C24H25N3O4/c1-2-22(17-11-13-19(28)14-12-17)31-24(30)26-15-16-7-9-18(10-8-16)23(29)27-21-6-4-3-5-20(21)25/h3-14,22,28H,2,15,25H2,1H3,(H,26,30)(H,27,29)/t22-/m1/s1. The molecule has 0 aliphatic carbocycles. The van der Waals surface area contributed by atoms with E-state index in [1.807, 2.05) is 6.92 Å². The van der Waals surface area contributed by atoms with Crippen LogP contribution in [-0.2, 0) is 11.3 Å². The highest BCUT2D eigenvalue weighted by Gasteiger charge is 2.15. The van der Waals surface area contributed by atoms with Crippen molar-refractivity contribution in [3.05, 3.63) is 89.5 Å². The minimum absolute atomic E-state index is 0.160. The third-order valence-electron chi connectivity index (χ3n) is 4.75. The van der Waals surface area contributed by atoms with E-state index in [1.54, 1.807) is 72.8 Å². The summed E-state index contributed by atoms with van der Waals surface area (Å²) >= 11 is 0. The summed E-state index contributed by atoms with van der Waals surface area (Å²) in [5.74, 6) is -0.107. The Kier molecular flexibility index (Phi) is 7.11. The van der Waals surface area contributed by atoms with Gasteiger partial charge in [-0.25, -0.2) is 4.79 Å². The molecule has 5 N–H and O–H groups in total. The first-order valence-corrected chi connectivity index (χ1v) is 9.94. The van der Waals surface area contributed by atoms with E-state index in [-0.39, 0.29) is 18.2 Å². The molecule has 0 saturated carbocycles. The monoisotopic (exact) mass is 419 g/mol. The molecule has 0 saturated heterocycles. The molecule has 0 radical (unpaired) electrons. The molecule has 3 aromatic carbocycles. The normalized spacial score (nSPS) is 11.4. The Bertz CT molecular complexity index is 1030. The summed E-state index contributed by atoms with van der Waals surface area (Å²) in [6.07, 6.45) is -0.341. The highest BCUT2D eigenvalue weighted by atomic mass is 16.6. The van der Waals surface area contributed by atoms with Gasteiger partial charge in [0.25, 0.3) is 5.91 Å². The molecular formula is C24H25N3O4. The van der Waals surface area contributed by atoms with Gasteiger partial charge in [-0.2, -0.15) is 0 Å². The number of phenols is 1. The van der Waals surface area contributed by atoms with Crippen LogP contribution in [0.5, 0.6) is 5.75 Å². The number of ether oxygens (including phenoxy) is 1. The third-order valence-corrected chi connectivity index (χ3v) is 4.75. The van der Waals surface area contributed by atoms with Crippen molar-refractivity contribution in [3.63, 3.8) is 0 Å². The average molecular weight is 419 g/mol. The molecule has 3 aromatic rings. The number of nitrogens with two attached hydrogens (primary N) is 1. The minimum Gasteiger partial charge on any atom is -0.508 e. The second kappa shape index (κ2) is 10.2. The van der Waals surface area contributed by atoms with Crippen molar-refractivity contribution >= 4 is 23.4 Å². The molecule has 7 heteroatoms. The van der Waals surface area contributed by atoms with Crippen LogP contribution in [0.25, 0.3) is 0 Å². The van der Waals surface area contributed by atoms with Gasteiger partial charge in [-0.05, 0) is 53.9 Å². The first-order valence-electron chi connectivity index (χ1n) is 9.94. The van der Waals surface area contributed by atoms with Crippen LogP contribution < -0.4 is 16.4 Å². The molecule has 0 fully saturated rings. The maximum Gasteiger partial charge on any atom is 0.408 e. The van der Waals surface area contributed by atoms with E-state index in [1.165, 1.54) is 0 Å². The summed E-state index contributed by atoms with van der Waals surface area (Å²) in [6.45, 7) is 2.18. The zero-order chi connectivity index (χ0) is 22.2. The number of phenolic OH excluding ortho intramolecular Hbond substituents is 1. The molecule has 31 heavy (non-hydrogen) atoms. The number of nitrogen functional groups attached to an aromatic ring is 1. The van der Waals surface area contributed by atoms with Gasteiger partial charge in [-0.15, -0.1) is 0 Å². The number of para-hydroxylation sites is 2. The van der Waals surface area contributed by atoms with Crippen molar-refractivity contribution in [1.82, 2.24) is 5.32 Å². The number of rotatable bonds is 7. The predicted octanol–water partition coefficient (Wildman–Crippen LogP) is 4.60. The lowest BCUT2D eigenvalue weighted by Gasteiger charge is -2.17. The summed E-state index contributed by atoms with van der Waals surface area (Å²) in [5.41, 5.74) is 9.01. The van der Waals surface area contributed by atoms with Crippen LogP contribution in [0.1, 0.15) is 40.9 Å². The van der Waals surface area contributed by atoms with Gasteiger partial charge in [0, 0.05) is 12.1 Å². The number of nitrogens with one attached hydrogen (secondary N) is 2. The maximum atomic E-state index is 12.4. The summed E-state index contributed by atoms with van der Waals surface area (Å²) < 4.78 is 5.48. The number of amides is 2. The third kappa shape index (κ3) is 5.99. The molecule has 0 spiro atoms. The highest BCUT2D eigenvalue weighted by molar-refractivity contribution is 6.05. The highest BCUT2D eigenvalue weighted by Crippen LogP contribution is 2.23. The molecule has 7 nitrogen and oxygen atoms in total. The van der Waals surface area contributed by atoms with Crippen LogP contribution in [0.3, 0.4) is 0 Å². The molecule has 0 aromatic heterocycles. The lowest BCUT2D eigenvalue weighted by molar-refractivity contribution is 0.0946. The number of anilines is 2. The quantitative estimate of drug-likeness (QED) is 0.418. The van der Waals surface area contributed by atoms with Crippen LogP contribution in [0, 0.1) is 0 Å². The Morgan fingerprint density at radius 2 is 1.68 bits per heavy atom. The number of carbonyl (C=O) groups excluding carboxylic acids is 2. The van der Waals surface area contributed by atoms with E-state index in [4.69, 9.17) is 10.5 Å². The fourth-order valence-corrected chi connectivity index (χ4v) is 3.00. The van der Waals surface area contributed by atoms with Crippen molar-refractivity contribution in [1.29, 1.82) is 0 Å². The van der Waals surface area contributed by atoms with Crippen molar-refractivity contribution in [2.75, 3.05) is 11.1 Å². The van der Waals surface area contributed by atoms with Crippen LogP contribution in [-0.4, -0.2) is 17.1 Å². The van der Waals surface area contributed by atoms with Crippen LogP contribution >= 0.6 is 0 Å². The van der Waals surface area contributed by atoms with Gasteiger partial charge in [0.05, 0.1) is 11.4 Å². The Morgan fingerprint density at radius 1 is 1.00 bits per heavy atom. The van der Waals surface area contributed by atoms with Crippen molar-refractivity contribution in [2.24, 2.45) is 0 Å². The van der Waals surface area contributed by atoms with Gasteiger partial charge in [-0.3, -0.25) is 4.79 Å². The first kappa shape index (κ1) is 21.7. The first-order chi connectivity index (χ1) is 15.0. The van der Waals surface area contributed by atoms with E-state index in [0.29, 0.717) is 23.4 Å². The lowest BCUT2D eigenvalue weighted by atomic mass is 10.1. The Hall–Kier alpha value is -4.00. The zero-order valence-electron chi connectivity index (χ0n) is 17.2. The van der Waals surface area contributed by atoms with Gasteiger partial charge in [0.1, 0.15) is 11.9 Å². The second-order valence-electron chi connectivity index (χ2n) is 6.99. The second-order valence-corrected chi connectivity index (χ2v) is 6.99. The SMILES string of the molecule is CC[C@@H](OC(=O)NCc1ccc(C(=O)Nc2ccccc2N)cc1)c1ccc(O)cc1. The summed E-state index contributed by atoms with van der Waals surface area (Å²) in [5, 5.41) is 14.9. The molecule has 0 aliphatic rings. The number of benzene rings is 3. The molecule has 0 unspecified atom stereocenters. The number of alkyl carbamates (subject to hydrolysis) is 1. The van der Waals surface area contributed by atoms with Gasteiger partial charge in [0.15, 0.2) is 0 Å². The predicted molar refractivity (Wildman–Crippen MR) is 120 cm³/mol. The summed E-state index contributed by atoms with van der Waals surface area (Å²) in [6, 6.07) is 20.5. The molecule has 0 bridgehead atoms. The van der Waals surface area contributed by atoms with E-state index >= 15 is 0 Å². The number of carbonyl (C=O) groups is 2. The average Bonchev–Trinajstić information content (AvgIpc) is 2.78. The van der Waals surface area contributed by atoms with Crippen LogP contribution in [0.4, 0.5) is 16.2 Å². The zero-order valence-corrected chi connectivity index (χ0v) is 17.2. The van der Waals surface area contributed by atoms with Crippen LogP contribution in [0.15, 0.2) is 72.8 Å². The van der Waals surface area contributed by atoms with Crippen LogP contribution in [0.2, 0.25) is 0 Å². The fourth-order valence-electron chi connectivity index (χ4n) is 3.00. The fraction of sp³-hybridized carbons (Fsp3) is 0.167. The largest absolute Gasteiger partial charge is 0.508 e. The molecule has 160 valence electrons. The van der Waals surface area contributed by atoms with E-state index in [2.05, 4.69) is 10.6 Å². The van der Waals surface area contributed by atoms with E-state index < -0.39 is 12.2 Å². The maximum absolute atomic E-state index is 12.4. The Labute approximate surface area is 180 Å². The number of aromatic hydroxyl groups is 1. The Balaban J connectivity index is 1.52. The summed E-state index contributed by atoms with van der Waals surface area (Å²) in [7, 11) is 0. The molecule has 0 aliphatic heterocycles. The number of hydrogen-bond acceptors (Lipinski definition) is 5. The summed E-state index contributed by atoms with van der Waals surface area (Å²) in [4.78, 5) is 24.6. The van der Waals surface area contributed by atoms with Crippen molar-refractivity contribution < 1.29 is 19.4 Å². The number of hydrogen-bond donors (Lipinski definition) is 4. The molecule has 2 amide bonds. The molecule has 0 heterocycles. The van der Waals surface area contributed by atoms with Crippen molar-refractivity contribution in [2.45, 2.75) is 26.0 Å². The van der Waals surface area contributed by atoms with E-state index in [9.17, 15) is 14.7 Å². The minimum atomic E-state index is -0.540. The topological polar surface area (TPSA) is 114 Å². The van der Waals surface area contributed by atoms with Gasteiger partial charge >= 0.3 is 6.09 Å². The molecular weight excluding hydrogens is 394 g/mol. The van der Waals surface area contributed by atoms with Gasteiger partial charge in [-0.1, -0.05) is 43.3 Å². The smallest absolute Gasteiger partial charge is 0.408 e. The van der Waals surface area contributed by atoms with Gasteiger partial charge in [0.2, 0.25) is 0 Å². The van der Waals surface area contributed by atoms with Crippen molar-refractivity contribution in [3.8, 4) is 5.75 Å². The molecule has 1 atom stereocenters. The van der Waals surface area contributed by atoms with E-state index in [0.717, 1.165) is 11.1 Å². The van der Waals surface area contributed by atoms with Gasteiger partial charge < -0.3 is 26.2 Å². The Morgan fingerprint density at radius 3 is 2.32 bits per heavy atom.